The number of nitrogens with zero attached hydrogens (tertiary/aromatic N) is 6. The summed E-state index contributed by atoms with van der Waals surface area (Å²) in [5, 5.41) is 22.6. The van der Waals surface area contributed by atoms with Gasteiger partial charge in [-0.3, -0.25) is 14.0 Å². The number of carboxylic acids is 1. The van der Waals surface area contributed by atoms with E-state index in [1.807, 2.05) is 53.1 Å². The zero-order valence-corrected chi connectivity index (χ0v) is 69.1. The third-order valence-corrected chi connectivity index (χ3v) is 20.0. The number of carbonyl (C=O) groups is 3. The predicted octanol–water partition coefficient (Wildman–Crippen LogP) is 18.9. The first-order valence-electron chi connectivity index (χ1n) is 38.2. The Kier molecular flexibility index (Phi) is 26.6. The largest absolute Gasteiger partial charge is 0.498 e. The van der Waals surface area contributed by atoms with Gasteiger partial charge < -0.3 is 52.3 Å². The van der Waals surface area contributed by atoms with Crippen molar-refractivity contribution in [2.45, 2.75) is 200 Å². The summed E-state index contributed by atoms with van der Waals surface area (Å²) in [5.74, 6) is -1.18. The maximum atomic E-state index is 14.5. The van der Waals surface area contributed by atoms with Crippen LogP contribution in [0.5, 0.6) is 17.2 Å². The maximum Gasteiger partial charge on any atom is 0.498 e. The molecule has 0 amide bonds. The molecule has 6 aromatic carbocycles. The fraction of sp³-hybridized carbons (Fsp3) is 0.448. The lowest BCUT2D eigenvalue weighted by Crippen LogP contribution is -2.41. The highest BCUT2D eigenvalue weighted by Crippen LogP contribution is 2.52. The lowest BCUT2D eigenvalue weighted by Gasteiger charge is -2.32. The summed E-state index contributed by atoms with van der Waals surface area (Å²) >= 11 is 0. The first kappa shape index (κ1) is 89.3. The second kappa shape index (κ2) is 34.9. The van der Waals surface area contributed by atoms with Gasteiger partial charge in [-0.15, -0.1) is 0 Å². The average Bonchev–Trinajstić information content (AvgIpc) is 1.72. The molecule has 117 heavy (non-hydrogen) atoms. The SMILES string of the molecule is COC(=O)C(OC(C)(C)C)c1c(C(F)(F)F)ccc(-c2cnn(C)c2)c1-c1ccc2c(c1)CCCO2.COC(=O)C(OC(C)(C)C)c1c(C(F)(F)F)ccc(C)c1-c1ccc2c(c1)CCCO2.Cn1cc(-c2ccc(C(F)(F)F)c(C(OC(C)(C)C)C(=O)O)c2-c2ccc3c(c2)CCCO3)cn1.Cn1cc(B2OC(C)(C)C(C)(C)O2)cn1. The van der Waals surface area contributed by atoms with Gasteiger partial charge in [-0.1, -0.05) is 36.4 Å². The van der Waals surface area contributed by atoms with Gasteiger partial charge >= 0.3 is 43.6 Å². The van der Waals surface area contributed by atoms with Crippen LogP contribution in [0.3, 0.4) is 0 Å². The summed E-state index contributed by atoms with van der Waals surface area (Å²) in [6.45, 7) is 26.6. The summed E-state index contributed by atoms with van der Waals surface area (Å²) in [6, 6.07) is 22.9. The fourth-order valence-corrected chi connectivity index (χ4v) is 14.2. The Morgan fingerprint density at radius 3 is 1.09 bits per heavy atom. The molecule has 3 atom stereocenters. The highest BCUT2D eigenvalue weighted by Gasteiger charge is 2.53. The highest BCUT2D eigenvalue weighted by molar-refractivity contribution is 6.62. The van der Waals surface area contributed by atoms with Gasteiger partial charge in [0.05, 0.1) is 91.1 Å². The molecule has 7 heterocycles. The summed E-state index contributed by atoms with van der Waals surface area (Å²) in [4.78, 5) is 38.0. The van der Waals surface area contributed by atoms with E-state index < -0.39 is 93.8 Å². The van der Waals surface area contributed by atoms with Crippen molar-refractivity contribution >= 4 is 30.5 Å². The topological polar surface area (TPSA) is 217 Å². The number of aromatic nitrogens is 6. The molecule has 20 nitrogen and oxygen atoms in total. The van der Waals surface area contributed by atoms with Crippen LogP contribution in [-0.4, -0.2) is 122 Å². The van der Waals surface area contributed by atoms with Crippen molar-refractivity contribution in [3.8, 4) is 72.9 Å². The minimum atomic E-state index is -4.80. The van der Waals surface area contributed by atoms with E-state index in [1.54, 1.807) is 160 Å². The van der Waals surface area contributed by atoms with Gasteiger partial charge in [0.15, 0.2) is 18.3 Å². The lowest BCUT2D eigenvalue weighted by atomic mass is 9.82. The van der Waals surface area contributed by atoms with E-state index in [1.165, 1.54) is 29.1 Å². The highest BCUT2D eigenvalue weighted by atomic mass is 19.4. The molecule has 3 aromatic heterocycles. The Morgan fingerprint density at radius 2 is 0.778 bits per heavy atom. The molecule has 628 valence electrons. The molecular weight excluding hydrogens is 1530 g/mol. The van der Waals surface area contributed by atoms with Crippen molar-refractivity contribution < 1.29 is 106 Å². The second-order valence-electron chi connectivity index (χ2n) is 33.0. The molecule has 13 rings (SSSR count). The molecule has 1 fully saturated rings. The summed E-state index contributed by atoms with van der Waals surface area (Å²) in [5.41, 5.74) is 1.33. The molecule has 0 spiro atoms. The van der Waals surface area contributed by atoms with Crippen LogP contribution in [0.4, 0.5) is 39.5 Å². The monoisotopic (exact) mass is 1630 g/mol. The van der Waals surface area contributed by atoms with Gasteiger partial charge in [0.1, 0.15) is 17.2 Å². The number of hydrogen-bond acceptors (Lipinski definition) is 16. The van der Waals surface area contributed by atoms with Crippen LogP contribution < -0.4 is 19.7 Å². The number of carboxylic acid groups (broad SMARTS) is 1. The molecular formula is C87H100BF9N6O14. The third-order valence-electron chi connectivity index (χ3n) is 20.0. The molecule has 1 N–H and O–H groups in total. The van der Waals surface area contributed by atoms with Crippen molar-refractivity contribution in [3.05, 3.63) is 184 Å². The van der Waals surface area contributed by atoms with Gasteiger partial charge in [-0.25, -0.2) is 14.4 Å². The summed E-state index contributed by atoms with van der Waals surface area (Å²) in [7, 11) is 7.28. The van der Waals surface area contributed by atoms with Crippen molar-refractivity contribution in [2.75, 3.05) is 34.0 Å². The van der Waals surface area contributed by atoms with Crippen LogP contribution in [0.15, 0.2) is 128 Å². The lowest BCUT2D eigenvalue weighted by molar-refractivity contribution is -0.167. The van der Waals surface area contributed by atoms with E-state index in [9.17, 15) is 59.0 Å². The molecule has 0 radical (unpaired) electrons. The predicted molar refractivity (Wildman–Crippen MR) is 423 cm³/mol. The normalized spacial score (nSPS) is 15.9. The smallest absolute Gasteiger partial charge is 0.493 e. The van der Waals surface area contributed by atoms with E-state index in [4.69, 9.17) is 47.2 Å². The number of fused-ring (bicyclic) bond motifs is 3. The molecule has 9 aromatic rings. The van der Waals surface area contributed by atoms with Gasteiger partial charge in [-0.2, -0.15) is 54.8 Å². The minimum absolute atomic E-state index is 0.151. The van der Waals surface area contributed by atoms with E-state index >= 15 is 0 Å². The number of carbonyl (C=O) groups excluding carboxylic acids is 2. The number of ether oxygens (including phenoxy) is 8. The Morgan fingerprint density at radius 1 is 0.453 bits per heavy atom. The quantitative estimate of drug-likeness (QED) is 0.0573. The zero-order chi connectivity index (χ0) is 86.0. The second-order valence-corrected chi connectivity index (χ2v) is 33.0. The van der Waals surface area contributed by atoms with Gasteiger partial charge in [0.2, 0.25) is 0 Å². The van der Waals surface area contributed by atoms with Crippen LogP contribution in [-0.2, 0) is 106 Å². The third kappa shape index (κ3) is 21.3. The van der Waals surface area contributed by atoms with E-state index in [-0.39, 0.29) is 40.6 Å². The molecule has 0 bridgehead atoms. The number of hydrogen-bond donors (Lipinski definition) is 1. The standard InChI is InChI=1S/C27H29F3N2O4.C26H27F3N2O4.C24H27F3O4.C10H17BN2O2/c1-26(2,3)36-24(25(33)34-5)23-20(27(28,29)30)10-9-19(18-14-31-32(4)15-18)22(23)17-8-11-21-16(13-17)7-6-12-35-21;1-25(2,3)35-23(24(32)33)22-19(26(27,28)29)9-8-18(17-13-30-31(4)14-17)21(22)16-7-10-20-15(12-16)6-5-11-34-20;1-14-8-10-17(24(25,26)27)20(21(22(28)29-5)31-23(2,3)4)19(14)16-9-11-18-15(13-16)7-6-12-30-18;1-9(2)10(3,4)15-11(14-9)8-6-12-13(5)7-8/h8-11,13-15,24H,6-7,12H2,1-5H3;7-10,12-14,23H,5-6,11H2,1-4H3,(H,32,33);8-11,13,21H,6-7,12H2,1-5H3;6-7H,1-5H3. The van der Waals surface area contributed by atoms with Crippen LogP contribution in [0, 0.1) is 6.92 Å². The van der Waals surface area contributed by atoms with Crippen LogP contribution in [0.1, 0.15) is 183 Å². The summed E-state index contributed by atoms with van der Waals surface area (Å²) in [6.07, 6.45) is -4.39. The Hall–Kier alpha value is -10.0. The van der Waals surface area contributed by atoms with Crippen molar-refractivity contribution in [1.29, 1.82) is 0 Å². The maximum absolute atomic E-state index is 14.5. The van der Waals surface area contributed by atoms with E-state index in [0.717, 1.165) is 92.4 Å². The zero-order valence-electron chi connectivity index (χ0n) is 69.1. The molecule has 1 saturated heterocycles. The first-order valence-corrected chi connectivity index (χ1v) is 38.2. The molecule has 3 unspecified atom stereocenters. The number of halogens is 9. The molecule has 0 aliphatic carbocycles. The van der Waals surface area contributed by atoms with Gasteiger partial charge in [-0.05, 0) is 257 Å². The van der Waals surface area contributed by atoms with E-state index in [2.05, 4.69) is 15.3 Å². The number of benzene rings is 6. The van der Waals surface area contributed by atoms with Crippen molar-refractivity contribution in [2.24, 2.45) is 21.1 Å². The average molecular weight is 1640 g/mol. The molecule has 4 aliphatic heterocycles. The Bertz CT molecular complexity index is 5070. The molecule has 0 saturated carbocycles. The van der Waals surface area contributed by atoms with Crippen LogP contribution in [0.25, 0.3) is 55.6 Å². The van der Waals surface area contributed by atoms with E-state index in [0.29, 0.717) is 87.8 Å². The number of aryl methyl sites for hydroxylation is 7. The van der Waals surface area contributed by atoms with Crippen LogP contribution in [0.2, 0.25) is 0 Å². The first-order chi connectivity index (χ1) is 54.5. The van der Waals surface area contributed by atoms with Gasteiger partial charge in [0, 0.05) is 79.2 Å². The number of methoxy groups -OCH3 is 2. The number of esters is 2. The number of rotatable bonds is 15. The molecule has 30 heteroatoms. The van der Waals surface area contributed by atoms with Gasteiger partial charge in [0.25, 0.3) is 0 Å². The minimum Gasteiger partial charge on any atom is -0.493 e. The fourth-order valence-electron chi connectivity index (χ4n) is 14.2. The van der Waals surface area contributed by atoms with Crippen molar-refractivity contribution in [3.63, 3.8) is 0 Å². The molecule has 4 aliphatic rings. The number of alkyl halides is 9. The Balaban J connectivity index is 0.000000170. The summed E-state index contributed by atoms with van der Waals surface area (Å²) < 4.78 is 190. The van der Waals surface area contributed by atoms with Crippen molar-refractivity contribution in [1.82, 2.24) is 29.3 Å². The van der Waals surface area contributed by atoms with Crippen LogP contribution >= 0.6 is 0 Å². The Labute approximate surface area is 675 Å². The number of aliphatic carboxylic acids is 1.